The van der Waals surface area contributed by atoms with Crippen LogP contribution in [-0.2, 0) is 14.3 Å². The van der Waals surface area contributed by atoms with Crippen LogP contribution in [0.15, 0.2) is 12.2 Å². The van der Waals surface area contributed by atoms with E-state index in [0.29, 0.717) is 0 Å². The average molecular weight is 210 g/mol. The molecule has 1 heterocycles. The molecule has 6 heteroatoms. The van der Waals surface area contributed by atoms with E-state index < -0.39 is 31.0 Å². The molecule has 1 aliphatic rings. The molecule has 14 heavy (non-hydrogen) atoms. The molecular formula is C8H9F3O3. The molecule has 1 saturated heterocycles. The van der Waals surface area contributed by atoms with E-state index in [1.165, 1.54) is 6.92 Å². The fourth-order valence-electron chi connectivity index (χ4n) is 0.773. The summed E-state index contributed by atoms with van der Waals surface area (Å²) in [5, 5.41) is 0. The van der Waals surface area contributed by atoms with E-state index in [2.05, 4.69) is 16.1 Å². The first-order valence-corrected chi connectivity index (χ1v) is 3.83. The third-order valence-electron chi connectivity index (χ3n) is 1.80. The van der Waals surface area contributed by atoms with Crippen LogP contribution in [0.1, 0.15) is 6.92 Å². The molecule has 0 aliphatic carbocycles. The van der Waals surface area contributed by atoms with Gasteiger partial charge in [-0.3, -0.25) is 0 Å². The van der Waals surface area contributed by atoms with Crippen LogP contribution in [-0.4, -0.2) is 31.0 Å². The third kappa shape index (κ3) is 1.89. The minimum atomic E-state index is -3.02. The number of hydrogen-bond acceptors (Lipinski definition) is 3. The number of ether oxygens (including phenoxy) is 2. The van der Waals surface area contributed by atoms with Gasteiger partial charge in [0.2, 0.25) is 12.0 Å². The van der Waals surface area contributed by atoms with Crippen molar-refractivity contribution in [2.75, 3.05) is 6.61 Å². The van der Waals surface area contributed by atoms with Crippen molar-refractivity contribution in [2.24, 2.45) is 0 Å². The number of rotatable bonds is 4. The van der Waals surface area contributed by atoms with Gasteiger partial charge in [0.1, 0.15) is 6.61 Å². The lowest BCUT2D eigenvalue weighted by atomic mass is 10.2. The normalized spacial score (nSPS) is 30.2. The maximum atomic E-state index is 12.4. The SMILES string of the molecule is C=C(C)C(=O)OCC1(C(F)F)OC1F. The van der Waals surface area contributed by atoms with Crippen LogP contribution in [0, 0.1) is 0 Å². The number of hydrogen-bond donors (Lipinski definition) is 0. The number of epoxide rings is 1. The van der Waals surface area contributed by atoms with Gasteiger partial charge in [-0.25, -0.2) is 18.0 Å². The molecule has 0 radical (unpaired) electrons. The highest BCUT2D eigenvalue weighted by atomic mass is 19.3. The van der Waals surface area contributed by atoms with E-state index in [9.17, 15) is 18.0 Å². The molecule has 2 atom stereocenters. The Morgan fingerprint density at radius 2 is 2.21 bits per heavy atom. The Labute approximate surface area is 78.5 Å². The molecule has 0 aromatic rings. The molecule has 0 aromatic carbocycles. The molecule has 80 valence electrons. The summed E-state index contributed by atoms with van der Waals surface area (Å²) in [7, 11) is 0. The number of esters is 1. The predicted molar refractivity (Wildman–Crippen MR) is 40.5 cm³/mol. The Morgan fingerprint density at radius 3 is 2.50 bits per heavy atom. The second-order valence-corrected chi connectivity index (χ2v) is 3.05. The maximum absolute atomic E-state index is 12.4. The van der Waals surface area contributed by atoms with Gasteiger partial charge in [0.05, 0.1) is 0 Å². The molecule has 2 unspecified atom stereocenters. The van der Waals surface area contributed by atoms with Gasteiger partial charge < -0.3 is 9.47 Å². The summed E-state index contributed by atoms with van der Waals surface area (Å²) in [6, 6.07) is 0. The average Bonchev–Trinajstić information content (AvgIpc) is 2.74. The number of halogens is 3. The Balaban J connectivity index is 2.45. The van der Waals surface area contributed by atoms with Crippen LogP contribution in [0.3, 0.4) is 0 Å². The van der Waals surface area contributed by atoms with Gasteiger partial charge in [-0.15, -0.1) is 0 Å². The summed E-state index contributed by atoms with van der Waals surface area (Å²) in [6.45, 7) is 3.81. The van der Waals surface area contributed by atoms with Gasteiger partial charge in [0.25, 0.3) is 6.43 Å². The Kier molecular flexibility index (Phi) is 2.84. The highest BCUT2D eigenvalue weighted by Gasteiger charge is 2.66. The Bertz CT molecular complexity index is 267. The van der Waals surface area contributed by atoms with Crippen LogP contribution in [0.4, 0.5) is 13.2 Å². The molecule has 1 rings (SSSR count). The summed E-state index contributed by atoms with van der Waals surface area (Å²) in [4.78, 5) is 10.8. The smallest absolute Gasteiger partial charge is 0.333 e. The monoisotopic (exact) mass is 210 g/mol. The fourth-order valence-corrected chi connectivity index (χ4v) is 0.773. The van der Waals surface area contributed by atoms with Crippen molar-refractivity contribution in [3.8, 4) is 0 Å². The lowest BCUT2D eigenvalue weighted by Gasteiger charge is -2.10. The molecule has 0 spiro atoms. The quantitative estimate of drug-likeness (QED) is 0.400. The van der Waals surface area contributed by atoms with E-state index >= 15 is 0 Å². The topological polar surface area (TPSA) is 38.8 Å². The van der Waals surface area contributed by atoms with Crippen LogP contribution in [0.25, 0.3) is 0 Å². The van der Waals surface area contributed by atoms with Crippen molar-refractivity contribution in [1.82, 2.24) is 0 Å². The zero-order chi connectivity index (χ0) is 10.9. The van der Waals surface area contributed by atoms with E-state index in [4.69, 9.17) is 0 Å². The van der Waals surface area contributed by atoms with Crippen LogP contribution >= 0.6 is 0 Å². The highest BCUT2D eigenvalue weighted by molar-refractivity contribution is 5.86. The van der Waals surface area contributed by atoms with E-state index in [-0.39, 0.29) is 5.57 Å². The maximum Gasteiger partial charge on any atom is 0.333 e. The zero-order valence-electron chi connectivity index (χ0n) is 7.43. The Morgan fingerprint density at radius 1 is 1.71 bits per heavy atom. The molecular weight excluding hydrogens is 201 g/mol. The van der Waals surface area contributed by atoms with Gasteiger partial charge in [0, 0.05) is 5.57 Å². The van der Waals surface area contributed by atoms with E-state index in [1.807, 2.05) is 0 Å². The lowest BCUT2D eigenvalue weighted by molar-refractivity contribution is -0.142. The first-order chi connectivity index (χ1) is 6.40. The van der Waals surface area contributed by atoms with Crippen LogP contribution in [0.5, 0.6) is 0 Å². The highest BCUT2D eigenvalue weighted by Crippen LogP contribution is 2.43. The second-order valence-electron chi connectivity index (χ2n) is 3.05. The first-order valence-electron chi connectivity index (χ1n) is 3.83. The summed E-state index contributed by atoms with van der Waals surface area (Å²) in [5.74, 6) is -0.840. The molecule has 0 amide bonds. The van der Waals surface area contributed by atoms with Crippen molar-refractivity contribution >= 4 is 5.97 Å². The van der Waals surface area contributed by atoms with Crippen molar-refractivity contribution in [3.63, 3.8) is 0 Å². The molecule has 0 N–H and O–H groups in total. The van der Waals surface area contributed by atoms with Crippen molar-refractivity contribution < 1.29 is 27.4 Å². The molecule has 0 saturated carbocycles. The van der Waals surface area contributed by atoms with Gasteiger partial charge in [-0.2, -0.15) is 0 Å². The second kappa shape index (κ2) is 3.61. The van der Waals surface area contributed by atoms with E-state index in [1.54, 1.807) is 0 Å². The summed E-state index contributed by atoms with van der Waals surface area (Å²) < 4.78 is 45.3. The van der Waals surface area contributed by atoms with Gasteiger partial charge in [-0.1, -0.05) is 6.58 Å². The number of alkyl halides is 3. The Hall–Kier alpha value is -1.04. The minimum Gasteiger partial charge on any atom is -0.459 e. The lowest BCUT2D eigenvalue weighted by Crippen LogP contribution is -2.31. The van der Waals surface area contributed by atoms with Crippen molar-refractivity contribution in [3.05, 3.63) is 12.2 Å². The summed E-state index contributed by atoms with van der Waals surface area (Å²) >= 11 is 0. The largest absolute Gasteiger partial charge is 0.459 e. The molecule has 0 aromatic heterocycles. The van der Waals surface area contributed by atoms with Crippen LogP contribution in [0.2, 0.25) is 0 Å². The molecule has 1 aliphatic heterocycles. The zero-order valence-corrected chi connectivity index (χ0v) is 7.43. The van der Waals surface area contributed by atoms with Gasteiger partial charge >= 0.3 is 5.97 Å². The van der Waals surface area contributed by atoms with E-state index in [0.717, 1.165) is 0 Å². The summed E-state index contributed by atoms with van der Waals surface area (Å²) in [6.07, 6.45) is -5.09. The standard InChI is InChI=1S/C8H9F3O3/c1-4(2)5(12)13-3-8(6(9)10)7(11)14-8/h6-7H,1,3H2,2H3. The predicted octanol–water partition coefficient (Wildman–Crippen LogP) is 1.44. The van der Waals surface area contributed by atoms with Crippen LogP contribution < -0.4 is 0 Å². The fraction of sp³-hybridized carbons (Fsp3) is 0.625. The number of carbonyl (C=O) groups is 1. The van der Waals surface area contributed by atoms with Gasteiger partial charge in [0.15, 0.2) is 0 Å². The first kappa shape index (κ1) is 11.0. The van der Waals surface area contributed by atoms with Gasteiger partial charge in [-0.05, 0) is 6.92 Å². The van der Waals surface area contributed by atoms with Crippen molar-refractivity contribution in [2.45, 2.75) is 25.3 Å². The minimum absolute atomic E-state index is 0.0606. The van der Waals surface area contributed by atoms with Crippen molar-refractivity contribution in [1.29, 1.82) is 0 Å². The molecule has 1 fully saturated rings. The third-order valence-corrected chi connectivity index (χ3v) is 1.80. The molecule has 0 bridgehead atoms. The number of carbonyl (C=O) groups excluding carboxylic acids is 1. The summed E-state index contributed by atoms with van der Waals surface area (Å²) in [5.41, 5.74) is -2.20. The molecule has 3 nitrogen and oxygen atoms in total.